The molecule has 0 spiro atoms. The van der Waals surface area contributed by atoms with Crippen LogP contribution in [0, 0.1) is 0 Å². The van der Waals surface area contributed by atoms with Gasteiger partial charge in [-0.05, 0) is 12.5 Å². The molecule has 0 saturated carbocycles. The zero-order valence-electron chi connectivity index (χ0n) is 9.16. The first-order valence-corrected chi connectivity index (χ1v) is 6.27. The summed E-state index contributed by atoms with van der Waals surface area (Å²) < 4.78 is 0.788. The van der Waals surface area contributed by atoms with E-state index in [2.05, 4.69) is 10.3 Å². The van der Waals surface area contributed by atoms with E-state index in [0.29, 0.717) is 21.8 Å². The highest BCUT2D eigenvalue weighted by Gasteiger charge is 2.19. The molecule has 0 aliphatic rings. The number of thiophene rings is 1. The molecule has 0 saturated heterocycles. The molecule has 0 atom stereocenters. The van der Waals surface area contributed by atoms with Crippen molar-refractivity contribution >= 4 is 39.1 Å². The fourth-order valence-electron chi connectivity index (χ4n) is 1.65. The lowest BCUT2D eigenvalue weighted by Gasteiger charge is -2.00. The molecule has 0 bridgehead atoms. The molecule has 0 radical (unpaired) electrons. The first kappa shape index (κ1) is 12.3. The molecule has 0 aromatic carbocycles. The van der Waals surface area contributed by atoms with Crippen molar-refractivity contribution in [3.05, 3.63) is 27.7 Å². The number of rotatable bonds is 3. The summed E-state index contributed by atoms with van der Waals surface area (Å²) >= 11 is 7.37. The van der Waals surface area contributed by atoms with Crippen molar-refractivity contribution in [2.75, 3.05) is 13.7 Å². The second-order valence-electron chi connectivity index (χ2n) is 3.43. The van der Waals surface area contributed by atoms with Crippen LogP contribution >= 0.6 is 22.9 Å². The molecule has 0 fully saturated rings. The summed E-state index contributed by atoms with van der Waals surface area (Å²) in [7, 11) is 1.57. The number of fused-ring (bicyclic) bond motifs is 1. The van der Waals surface area contributed by atoms with Crippen LogP contribution < -0.4 is 5.32 Å². The Hall–Kier alpha value is -1.17. The number of hydrogen-bond acceptors (Lipinski definition) is 4. The van der Waals surface area contributed by atoms with Gasteiger partial charge in [0.2, 0.25) is 0 Å². The summed E-state index contributed by atoms with van der Waals surface area (Å²) in [4.78, 5) is 16.5. The fourth-order valence-corrected chi connectivity index (χ4v) is 3.07. The van der Waals surface area contributed by atoms with E-state index in [1.54, 1.807) is 19.3 Å². The Bertz CT molecular complexity index is 568. The van der Waals surface area contributed by atoms with Crippen molar-refractivity contribution in [2.24, 2.45) is 0 Å². The van der Waals surface area contributed by atoms with Gasteiger partial charge in [0.15, 0.2) is 0 Å². The highest BCUT2D eigenvalue weighted by Crippen LogP contribution is 2.34. The van der Waals surface area contributed by atoms with Gasteiger partial charge in [-0.2, -0.15) is 0 Å². The molecule has 2 rings (SSSR count). The van der Waals surface area contributed by atoms with E-state index in [1.807, 2.05) is 0 Å². The molecule has 6 heteroatoms. The van der Waals surface area contributed by atoms with E-state index in [1.165, 1.54) is 11.3 Å². The van der Waals surface area contributed by atoms with Crippen LogP contribution in [0.2, 0.25) is 5.02 Å². The fraction of sp³-hybridized carbons (Fsp3) is 0.273. The van der Waals surface area contributed by atoms with Crippen molar-refractivity contribution in [3.8, 4) is 0 Å². The van der Waals surface area contributed by atoms with Gasteiger partial charge in [-0.15, -0.1) is 11.3 Å². The first-order chi connectivity index (χ1) is 8.19. The van der Waals surface area contributed by atoms with Gasteiger partial charge in [0.1, 0.15) is 0 Å². The molecule has 2 aromatic heterocycles. The molecule has 1 amide bonds. The zero-order valence-corrected chi connectivity index (χ0v) is 10.7. The molecule has 17 heavy (non-hydrogen) atoms. The number of hydrogen-bond donors (Lipinski definition) is 2. The highest BCUT2D eigenvalue weighted by molar-refractivity contribution is 7.21. The summed E-state index contributed by atoms with van der Waals surface area (Å²) in [5.41, 5.74) is 1.46. The Kier molecular flexibility index (Phi) is 3.61. The molecule has 4 nitrogen and oxygen atoms in total. The Morgan fingerprint density at radius 3 is 3.06 bits per heavy atom. The third-order valence-corrected chi connectivity index (χ3v) is 4.10. The van der Waals surface area contributed by atoms with E-state index in [4.69, 9.17) is 16.7 Å². The maximum atomic E-state index is 11.7. The van der Waals surface area contributed by atoms with Crippen LogP contribution in [-0.4, -0.2) is 29.7 Å². The smallest absolute Gasteiger partial charge is 0.261 e. The Morgan fingerprint density at radius 2 is 2.41 bits per heavy atom. The van der Waals surface area contributed by atoms with Crippen molar-refractivity contribution in [3.63, 3.8) is 0 Å². The second-order valence-corrected chi connectivity index (χ2v) is 4.86. The van der Waals surface area contributed by atoms with Gasteiger partial charge in [0.05, 0.1) is 20.1 Å². The Balaban J connectivity index is 2.70. The van der Waals surface area contributed by atoms with Gasteiger partial charge in [0, 0.05) is 25.4 Å². The maximum Gasteiger partial charge on any atom is 0.261 e. The predicted octanol–water partition coefficient (Wildman–Crippen LogP) is 1.84. The third-order valence-electron chi connectivity index (χ3n) is 2.42. The van der Waals surface area contributed by atoms with Crippen molar-refractivity contribution in [1.29, 1.82) is 0 Å². The number of nitrogens with zero attached hydrogens (tertiary/aromatic N) is 1. The molecule has 0 aliphatic carbocycles. The molecule has 0 unspecified atom stereocenters. The van der Waals surface area contributed by atoms with E-state index in [9.17, 15) is 4.79 Å². The molecule has 0 aliphatic heterocycles. The first-order valence-electron chi connectivity index (χ1n) is 5.07. The minimum atomic E-state index is -0.174. The molecule has 2 heterocycles. The van der Waals surface area contributed by atoms with Gasteiger partial charge in [-0.1, -0.05) is 11.6 Å². The minimum absolute atomic E-state index is 0.0238. The number of aliphatic hydroxyl groups is 1. The lowest BCUT2D eigenvalue weighted by Crippen LogP contribution is -2.18. The standard InChI is InChI=1S/C11H11ClN2O2S/c1-13-11(16)9-6(3-5-15)8-10(17-9)7(12)2-4-14-8/h2,4,15H,3,5H2,1H3,(H,13,16). The van der Waals surface area contributed by atoms with Gasteiger partial charge in [-0.3, -0.25) is 9.78 Å². The van der Waals surface area contributed by atoms with Crippen LogP contribution in [-0.2, 0) is 6.42 Å². The summed E-state index contributed by atoms with van der Waals surface area (Å²) in [6.45, 7) is -0.0238. The topological polar surface area (TPSA) is 62.2 Å². The van der Waals surface area contributed by atoms with Gasteiger partial charge >= 0.3 is 0 Å². The SMILES string of the molecule is CNC(=O)c1sc2c(Cl)ccnc2c1CCO. The van der Waals surface area contributed by atoms with E-state index >= 15 is 0 Å². The normalized spacial score (nSPS) is 10.8. The number of nitrogens with one attached hydrogen (secondary N) is 1. The number of carbonyl (C=O) groups excluding carboxylic acids is 1. The molecular weight excluding hydrogens is 260 g/mol. The van der Waals surface area contributed by atoms with E-state index in [0.717, 1.165) is 10.3 Å². The zero-order chi connectivity index (χ0) is 12.4. The highest BCUT2D eigenvalue weighted by atomic mass is 35.5. The number of aliphatic hydroxyl groups excluding tert-OH is 1. The van der Waals surface area contributed by atoms with Crippen LogP contribution in [0.5, 0.6) is 0 Å². The van der Waals surface area contributed by atoms with Crippen LogP contribution in [0.15, 0.2) is 12.3 Å². The van der Waals surface area contributed by atoms with E-state index < -0.39 is 0 Å². The largest absolute Gasteiger partial charge is 0.396 e. The van der Waals surface area contributed by atoms with Crippen LogP contribution in [0.25, 0.3) is 10.2 Å². The van der Waals surface area contributed by atoms with Crippen LogP contribution in [0.3, 0.4) is 0 Å². The third kappa shape index (κ3) is 2.13. The molecule has 2 N–H and O–H groups in total. The average Bonchev–Trinajstić information content (AvgIpc) is 2.70. The average molecular weight is 271 g/mol. The number of pyridine rings is 1. The number of amides is 1. The quantitative estimate of drug-likeness (QED) is 0.895. The maximum absolute atomic E-state index is 11.7. The molecule has 2 aromatic rings. The minimum Gasteiger partial charge on any atom is -0.396 e. The van der Waals surface area contributed by atoms with Crippen molar-refractivity contribution in [1.82, 2.24) is 10.3 Å². The number of carbonyl (C=O) groups is 1. The van der Waals surface area contributed by atoms with Gasteiger partial charge < -0.3 is 10.4 Å². The predicted molar refractivity (Wildman–Crippen MR) is 68.8 cm³/mol. The summed E-state index contributed by atoms with van der Waals surface area (Å²) in [5.74, 6) is -0.174. The van der Waals surface area contributed by atoms with Gasteiger partial charge in [0.25, 0.3) is 5.91 Å². The Morgan fingerprint density at radius 1 is 1.65 bits per heavy atom. The summed E-state index contributed by atoms with van der Waals surface area (Å²) in [5, 5.41) is 12.2. The lowest BCUT2D eigenvalue weighted by molar-refractivity contribution is 0.0966. The summed E-state index contributed by atoms with van der Waals surface area (Å²) in [6.07, 6.45) is 2.00. The van der Waals surface area contributed by atoms with Crippen molar-refractivity contribution < 1.29 is 9.90 Å². The Labute approximate surface area is 107 Å². The van der Waals surface area contributed by atoms with Crippen LogP contribution in [0.1, 0.15) is 15.2 Å². The second kappa shape index (κ2) is 5.00. The van der Waals surface area contributed by atoms with E-state index in [-0.39, 0.29) is 12.5 Å². The number of halogens is 1. The van der Waals surface area contributed by atoms with Crippen LogP contribution in [0.4, 0.5) is 0 Å². The lowest BCUT2D eigenvalue weighted by atomic mass is 10.1. The van der Waals surface area contributed by atoms with Crippen molar-refractivity contribution in [2.45, 2.75) is 6.42 Å². The molecule has 90 valence electrons. The molecular formula is C11H11ClN2O2S. The summed E-state index contributed by atoms with van der Waals surface area (Å²) in [6, 6.07) is 1.69. The monoisotopic (exact) mass is 270 g/mol. The number of aromatic nitrogens is 1. The van der Waals surface area contributed by atoms with Gasteiger partial charge in [-0.25, -0.2) is 0 Å².